The zero-order chi connectivity index (χ0) is 8.27. The van der Waals surface area contributed by atoms with Crippen molar-refractivity contribution in [3.05, 3.63) is 10.8 Å². The number of carbonyl (C=O) groups excluding carboxylic acids is 1. The van der Waals surface area contributed by atoms with Crippen LogP contribution in [-0.2, 0) is 4.74 Å². The number of nitrogens with zero attached hydrogens (tertiary/aromatic N) is 2. The number of hydrogen-bond acceptors (Lipinski definition) is 5. The number of rotatable bonds is 2. The van der Waals surface area contributed by atoms with Crippen molar-refractivity contribution in [3.63, 3.8) is 0 Å². The smallest absolute Gasteiger partial charge is 0.361 e. The Kier molecular flexibility index (Phi) is 2.78. The van der Waals surface area contributed by atoms with E-state index in [0.717, 1.165) is 11.7 Å². The van der Waals surface area contributed by atoms with E-state index >= 15 is 0 Å². The molecule has 0 aliphatic carbocycles. The molecule has 1 aromatic heterocycles. The number of halogens is 1. The van der Waals surface area contributed by atoms with Crippen LogP contribution in [0.3, 0.4) is 0 Å². The summed E-state index contributed by atoms with van der Waals surface area (Å²) in [6, 6.07) is 0. The largest absolute Gasteiger partial charge is 0.461 e. The molecule has 0 aliphatic heterocycles. The van der Waals surface area contributed by atoms with Gasteiger partial charge in [0.1, 0.15) is 0 Å². The van der Waals surface area contributed by atoms with E-state index in [0.29, 0.717) is 6.61 Å². The second-order valence-electron chi connectivity index (χ2n) is 1.62. The highest BCUT2D eigenvalue weighted by Gasteiger charge is 2.15. The maximum atomic E-state index is 10.9. The van der Waals surface area contributed by atoms with Gasteiger partial charge >= 0.3 is 5.97 Å². The summed E-state index contributed by atoms with van der Waals surface area (Å²) in [6.45, 7) is 2.03. The van der Waals surface area contributed by atoms with Gasteiger partial charge in [0.05, 0.1) is 18.3 Å². The van der Waals surface area contributed by atoms with Crippen LogP contribution in [0.25, 0.3) is 0 Å². The van der Waals surface area contributed by atoms with Crippen LogP contribution >= 0.6 is 23.3 Å². The molecule has 0 amide bonds. The van der Waals surface area contributed by atoms with Crippen molar-refractivity contribution in [1.82, 2.24) is 8.75 Å². The van der Waals surface area contributed by atoms with Gasteiger partial charge < -0.3 is 4.74 Å². The molecule has 11 heavy (non-hydrogen) atoms. The van der Waals surface area contributed by atoms with E-state index < -0.39 is 5.97 Å². The van der Waals surface area contributed by atoms with Gasteiger partial charge in [0.2, 0.25) is 5.69 Å². The lowest BCUT2D eigenvalue weighted by atomic mass is 10.5. The Morgan fingerprint density at radius 3 is 2.91 bits per heavy atom. The van der Waals surface area contributed by atoms with Gasteiger partial charge in [0, 0.05) is 0 Å². The molecule has 0 saturated carbocycles. The Hall–Kier alpha value is -0.680. The molecule has 0 aromatic carbocycles. The third kappa shape index (κ3) is 1.87. The van der Waals surface area contributed by atoms with E-state index in [-0.39, 0.29) is 10.8 Å². The van der Waals surface area contributed by atoms with Crippen molar-refractivity contribution in [1.29, 1.82) is 0 Å². The predicted molar refractivity (Wildman–Crippen MR) is 40.9 cm³/mol. The third-order valence-electron chi connectivity index (χ3n) is 0.917. The van der Waals surface area contributed by atoms with Crippen molar-refractivity contribution >= 4 is 29.3 Å². The Labute approximate surface area is 72.5 Å². The molecule has 0 atom stereocenters. The molecule has 0 saturated heterocycles. The van der Waals surface area contributed by atoms with Gasteiger partial charge in [-0.05, 0) is 6.92 Å². The summed E-state index contributed by atoms with van der Waals surface area (Å²) in [5.74, 6) is -0.522. The first-order valence-electron chi connectivity index (χ1n) is 2.91. The fraction of sp³-hybridized carbons (Fsp3) is 0.400. The summed E-state index contributed by atoms with van der Waals surface area (Å²) in [6.07, 6.45) is 0. The van der Waals surface area contributed by atoms with E-state index in [4.69, 9.17) is 11.6 Å². The first-order valence-corrected chi connectivity index (χ1v) is 4.01. The molecular formula is C5H5ClN2O2S. The number of hydrogen-bond donors (Lipinski definition) is 0. The quantitative estimate of drug-likeness (QED) is 0.665. The van der Waals surface area contributed by atoms with Crippen LogP contribution in [0.4, 0.5) is 0 Å². The molecule has 60 valence electrons. The molecule has 0 N–H and O–H groups in total. The van der Waals surface area contributed by atoms with Crippen LogP contribution < -0.4 is 0 Å². The fourth-order valence-corrected chi connectivity index (χ4v) is 1.20. The normalized spacial score (nSPS) is 9.64. The molecule has 0 aliphatic rings. The van der Waals surface area contributed by atoms with Gasteiger partial charge in [-0.3, -0.25) is 0 Å². The molecule has 1 aromatic rings. The number of esters is 1. The maximum Gasteiger partial charge on any atom is 0.361 e. The van der Waals surface area contributed by atoms with E-state index in [2.05, 4.69) is 13.5 Å². The topological polar surface area (TPSA) is 52.1 Å². The number of ether oxygens (including phenoxy) is 1. The van der Waals surface area contributed by atoms with Crippen LogP contribution in [0.2, 0.25) is 5.15 Å². The minimum atomic E-state index is -0.522. The van der Waals surface area contributed by atoms with Crippen molar-refractivity contribution in [2.24, 2.45) is 0 Å². The first-order chi connectivity index (χ1) is 5.25. The van der Waals surface area contributed by atoms with Crippen molar-refractivity contribution in [2.75, 3.05) is 6.61 Å². The molecular weight excluding hydrogens is 188 g/mol. The highest BCUT2D eigenvalue weighted by atomic mass is 35.5. The summed E-state index contributed by atoms with van der Waals surface area (Å²) in [5, 5.41) is 0.105. The Bertz CT molecular complexity index is 263. The monoisotopic (exact) mass is 192 g/mol. The van der Waals surface area contributed by atoms with Gasteiger partial charge in [0.25, 0.3) is 0 Å². The maximum absolute atomic E-state index is 10.9. The Morgan fingerprint density at radius 2 is 2.45 bits per heavy atom. The molecule has 6 heteroatoms. The first kappa shape index (κ1) is 8.42. The molecule has 0 radical (unpaired) electrons. The van der Waals surface area contributed by atoms with Crippen LogP contribution in [0, 0.1) is 0 Å². The fourth-order valence-electron chi connectivity index (χ4n) is 0.499. The molecule has 0 spiro atoms. The summed E-state index contributed by atoms with van der Waals surface area (Å²) in [4.78, 5) is 10.9. The molecule has 1 heterocycles. The van der Waals surface area contributed by atoms with E-state index in [1.54, 1.807) is 6.92 Å². The lowest BCUT2D eigenvalue weighted by Gasteiger charge is -1.95. The highest BCUT2D eigenvalue weighted by molar-refractivity contribution is 6.99. The zero-order valence-electron chi connectivity index (χ0n) is 5.70. The van der Waals surface area contributed by atoms with Crippen molar-refractivity contribution in [3.8, 4) is 0 Å². The summed E-state index contributed by atoms with van der Waals surface area (Å²) in [5.41, 5.74) is 0.0958. The van der Waals surface area contributed by atoms with E-state index in [9.17, 15) is 4.79 Å². The highest BCUT2D eigenvalue weighted by Crippen LogP contribution is 2.12. The second-order valence-corrected chi connectivity index (χ2v) is 2.51. The SMILES string of the molecule is CCOC(=O)c1nsnc1Cl. The van der Waals surface area contributed by atoms with Crippen LogP contribution in [0.5, 0.6) is 0 Å². The van der Waals surface area contributed by atoms with Gasteiger partial charge in [-0.15, -0.1) is 0 Å². The molecule has 0 fully saturated rings. The lowest BCUT2D eigenvalue weighted by Crippen LogP contribution is -2.05. The zero-order valence-corrected chi connectivity index (χ0v) is 7.28. The minimum absolute atomic E-state index is 0.0958. The molecule has 4 nitrogen and oxygen atoms in total. The number of carbonyl (C=O) groups is 1. The average molecular weight is 193 g/mol. The number of aromatic nitrogens is 2. The van der Waals surface area contributed by atoms with Crippen LogP contribution in [0.15, 0.2) is 0 Å². The summed E-state index contributed by atoms with van der Waals surface area (Å²) >= 11 is 6.39. The standard InChI is InChI=1S/C5H5ClN2O2S/c1-2-10-5(9)3-4(6)8-11-7-3/h2H2,1H3. The Balaban J connectivity index is 2.76. The molecule has 0 bridgehead atoms. The minimum Gasteiger partial charge on any atom is -0.461 e. The predicted octanol–water partition coefficient (Wildman–Crippen LogP) is 1.37. The van der Waals surface area contributed by atoms with Gasteiger partial charge in [-0.25, -0.2) is 4.79 Å². The lowest BCUT2D eigenvalue weighted by molar-refractivity contribution is 0.0521. The summed E-state index contributed by atoms with van der Waals surface area (Å²) in [7, 11) is 0. The second kappa shape index (κ2) is 3.64. The molecule has 1 rings (SSSR count). The van der Waals surface area contributed by atoms with Gasteiger partial charge in [-0.1, -0.05) is 11.6 Å². The summed E-state index contributed by atoms with van der Waals surface area (Å²) < 4.78 is 11.9. The van der Waals surface area contributed by atoms with E-state index in [1.807, 2.05) is 0 Å². The van der Waals surface area contributed by atoms with Crippen molar-refractivity contribution < 1.29 is 9.53 Å². The van der Waals surface area contributed by atoms with Gasteiger partial charge in [-0.2, -0.15) is 8.75 Å². The third-order valence-corrected chi connectivity index (χ3v) is 1.81. The van der Waals surface area contributed by atoms with Crippen LogP contribution in [-0.4, -0.2) is 21.3 Å². The van der Waals surface area contributed by atoms with Crippen molar-refractivity contribution in [2.45, 2.75) is 6.92 Å². The average Bonchev–Trinajstić information content (AvgIpc) is 2.36. The Morgan fingerprint density at radius 1 is 1.73 bits per heavy atom. The molecule has 0 unspecified atom stereocenters. The van der Waals surface area contributed by atoms with Crippen LogP contribution in [0.1, 0.15) is 17.4 Å². The van der Waals surface area contributed by atoms with E-state index in [1.165, 1.54) is 0 Å². The van der Waals surface area contributed by atoms with Gasteiger partial charge in [0.15, 0.2) is 5.15 Å².